The van der Waals surface area contributed by atoms with Gasteiger partial charge in [-0.2, -0.15) is 5.06 Å². The number of amides is 1. The number of carbonyl (C=O) groups excluding carboxylic acids is 1. The summed E-state index contributed by atoms with van der Waals surface area (Å²) in [5.74, 6) is 0. The predicted molar refractivity (Wildman–Crippen MR) is 61.7 cm³/mol. The van der Waals surface area contributed by atoms with Gasteiger partial charge < -0.3 is 4.74 Å². The first-order valence-electron chi connectivity index (χ1n) is 5.08. The summed E-state index contributed by atoms with van der Waals surface area (Å²) in [7, 11) is 0. The molecular weight excluding hydrogens is 206 g/mol. The normalized spacial score (nSPS) is 11.1. The van der Waals surface area contributed by atoms with Crippen LogP contribution in [0, 0.1) is 6.92 Å². The van der Waals surface area contributed by atoms with E-state index < -0.39 is 11.7 Å². The summed E-state index contributed by atoms with van der Waals surface area (Å²) in [5, 5.41) is 10.1. The molecule has 0 radical (unpaired) electrons. The lowest BCUT2D eigenvalue weighted by atomic mass is 10.2. The highest BCUT2D eigenvalue weighted by Gasteiger charge is 2.22. The van der Waals surface area contributed by atoms with Gasteiger partial charge in [-0.3, -0.25) is 5.21 Å². The van der Waals surface area contributed by atoms with Crippen LogP contribution in [0.4, 0.5) is 10.5 Å². The topological polar surface area (TPSA) is 49.8 Å². The van der Waals surface area contributed by atoms with Crippen LogP contribution in [0.3, 0.4) is 0 Å². The highest BCUT2D eigenvalue weighted by molar-refractivity contribution is 5.85. The molecule has 1 amide bonds. The minimum Gasteiger partial charge on any atom is -0.442 e. The monoisotopic (exact) mass is 223 g/mol. The largest absolute Gasteiger partial charge is 0.442 e. The van der Waals surface area contributed by atoms with Gasteiger partial charge in [-0.25, -0.2) is 4.79 Å². The number of nitrogens with zero attached hydrogens (tertiary/aromatic N) is 1. The number of hydrogen-bond donors (Lipinski definition) is 1. The first kappa shape index (κ1) is 12.5. The van der Waals surface area contributed by atoms with E-state index in [1.807, 2.05) is 13.0 Å². The predicted octanol–water partition coefficient (Wildman–Crippen LogP) is 3.13. The Kier molecular flexibility index (Phi) is 3.55. The van der Waals surface area contributed by atoms with Crippen molar-refractivity contribution in [2.45, 2.75) is 33.3 Å². The lowest BCUT2D eigenvalue weighted by Crippen LogP contribution is -2.34. The van der Waals surface area contributed by atoms with Gasteiger partial charge in [0, 0.05) is 0 Å². The third-order valence-electron chi connectivity index (χ3n) is 1.81. The molecule has 1 N–H and O–H groups in total. The number of benzene rings is 1. The van der Waals surface area contributed by atoms with Crippen LogP contribution >= 0.6 is 0 Å². The van der Waals surface area contributed by atoms with Gasteiger partial charge in [0.05, 0.1) is 5.69 Å². The van der Waals surface area contributed by atoms with Gasteiger partial charge in [-0.05, 0) is 45.4 Å². The molecule has 0 bridgehead atoms. The fourth-order valence-corrected chi connectivity index (χ4v) is 1.17. The standard InChI is InChI=1S/C12H17NO3/c1-9-6-5-7-10(8-9)13(15)11(14)16-12(2,3)4/h5-8,15H,1-4H3. The minimum absolute atomic E-state index is 0.397. The zero-order chi connectivity index (χ0) is 12.3. The summed E-state index contributed by atoms with van der Waals surface area (Å²) in [6.07, 6.45) is -0.780. The van der Waals surface area contributed by atoms with E-state index >= 15 is 0 Å². The molecule has 0 heterocycles. The first-order valence-corrected chi connectivity index (χ1v) is 5.08. The van der Waals surface area contributed by atoms with E-state index in [1.165, 1.54) is 0 Å². The van der Waals surface area contributed by atoms with Crippen molar-refractivity contribution in [1.29, 1.82) is 0 Å². The maximum Gasteiger partial charge on any atom is 0.439 e. The third-order valence-corrected chi connectivity index (χ3v) is 1.81. The lowest BCUT2D eigenvalue weighted by molar-refractivity contribution is 0.0407. The van der Waals surface area contributed by atoms with E-state index in [-0.39, 0.29) is 0 Å². The van der Waals surface area contributed by atoms with Crippen LogP contribution in [0.25, 0.3) is 0 Å². The molecule has 0 saturated carbocycles. The van der Waals surface area contributed by atoms with Gasteiger partial charge in [0.2, 0.25) is 0 Å². The zero-order valence-electron chi connectivity index (χ0n) is 10.0. The molecule has 4 nitrogen and oxygen atoms in total. The second-order valence-corrected chi connectivity index (χ2v) is 4.63. The zero-order valence-corrected chi connectivity index (χ0v) is 10.0. The van der Waals surface area contributed by atoms with Crippen LogP contribution in [0.15, 0.2) is 24.3 Å². The van der Waals surface area contributed by atoms with Crippen molar-refractivity contribution in [2.75, 3.05) is 5.06 Å². The Hall–Kier alpha value is -1.55. The second-order valence-electron chi connectivity index (χ2n) is 4.63. The molecule has 0 aliphatic heterocycles. The van der Waals surface area contributed by atoms with Gasteiger partial charge in [-0.15, -0.1) is 0 Å². The molecule has 1 rings (SSSR count). The molecule has 0 atom stereocenters. The SMILES string of the molecule is Cc1cccc(N(O)C(=O)OC(C)(C)C)c1. The fraction of sp³-hybridized carbons (Fsp3) is 0.417. The minimum atomic E-state index is -0.780. The van der Waals surface area contributed by atoms with E-state index in [1.54, 1.807) is 39.0 Å². The van der Waals surface area contributed by atoms with E-state index in [9.17, 15) is 10.0 Å². The van der Waals surface area contributed by atoms with Crippen LogP contribution in [0.1, 0.15) is 26.3 Å². The van der Waals surface area contributed by atoms with Crippen molar-refractivity contribution in [3.8, 4) is 0 Å². The van der Waals surface area contributed by atoms with Gasteiger partial charge in [-0.1, -0.05) is 12.1 Å². The Morgan fingerprint density at radius 2 is 2.00 bits per heavy atom. The Balaban J connectivity index is 2.78. The molecule has 0 spiro atoms. The molecule has 1 aromatic rings. The number of hydrogen-bond acceptors (Lipinski definition) is 3. The molecule has 0 aromatic heterocycles. The Labute approximate surface area is 95.4 Å². The van der Waals surface area contributed by atoms with Crippen LogP contribution < -0.4 is 5.06 Å². The molecule has 0 aliphatic carbocycles. The maximum absolute atomic E-state index is 11.5. The average Bonchev–Trinajstić information content (AvgIpc) is 2.14. The Bertz CT molecular complexity index is 382. The van der Waals surface area contributed by atoms with E-state index in [4.69, 9.17) is 4.74 Å². The van der Waals surface area contributed by atoms with Crippen molar-refractivity contribution < 1.29 is 14.7 Å². The van der Waals surface area contributed by atoms with Crippen LogP contribution in [-0.2, 0) is 4.74 Å². The number of aryl methyl sites for hydroxylation is 1. The maximum atomic E-state index is 11.5. The molecule has 0 fully saturated rings. The van der Waals surface area contributed by atoms with Gasteiger partial charge >= 0.3 is 6.09 Å². The fourth-order valence-electron chi connectivity index (χ4n) is 1.17. The molecular formula is C12H17NO3. The molecule has 1 aromatic carbocycles. The Morgan fingerprint density at radius 1 is 1.38 bits per heavy atom. The van der Waals surface area contributed by atoms with Crippen molar-refractivity contribution in [3.05, 3.63) is 29.8 Å². The van der Waals surface area contributed by atoms with Crippen molar-refractivity contribution >= 4 is 11.8 Å². The molecule has 4 heteroatoms. The molecule has 88 valence electrons. The number of ether oxygens (including phenoxy) is 1. The molecule has 0 saturated heterocycles. The molecule has 0 unspecified atom stereocenters. The smallest absolute Gasteiger partial charge is 0.439 e. The quantitative estimate of drug-likeness (QED) is 0.587. The van der Waals surface area contributed by atoms with E-state index in [0.717, 1.165) is 5.56 Å². The third kappa shape index (κ3) is 3.55. The Morgan fingerprint density at radius 3 is 2.50 bits per heavy atom. The average molecular weight is 223 g/mol. The van der Waals surface area contributed by atoms with Gasteiger partial charge in [0.25, 0.3) is 0 Å². The van der Waals surface area contributed by atoms with Crippen LogP contribution in [-0.4, -0.2) is 16.9 Å². The second kappa shape index (κ2) is 4.53. The van der Waals surface area contributed by atoms with Crippen LogP contribution in [0.2, 0.25) is 0 Å². The highest BCUT2D eigenvalue weighted by atomic mass is 16.6. The van der Waals surface area contributed by atoms with E-state index in [0.29, 0.717) is 10.8 Å². The first-order chi connectivity index (χ1) is 7.29. The summed E-state index contributed by atoms with van der Waals surface area (Å²) in [5.41, 5.74) is 0.733. The van der Waals surface area contributed by atoms with Gasteiger partial charge in [0.15, 0.2) is 0 Å². The number of hydroxylamine groups is 1. The summed E-state index contributed by atoms with van der Waals surface area (Å²) >= 11 is 0. The number of anilines is 1. The number of carbonyl (C=O) groups is 1. The van der Waals surface area contributed by atoms with E-state index in [2.05, 4.69) is 0 Å². The summed E-state index contributed by atoms with van der Waals surface area (Å²) in [4.78, 5) is 11.5. The van der Waals surface area contributed by atoms with Gasteiger partial charge in [0.1, 0.15) is 5.60 Å². The molecule has 0 aliphatic rings. The summed E-state index contributed by atoms with van der Waals surface area (Å²) < 4.78 is 5.03. The van der Waals surface area contributed by atoms with Crippen molar-refractivity contribution in [2.24, 2.45) is 0 Å². The summed E-state index contributed by atoms with van der Waals surface area (Å²) in [6.45, 7) is 7.12. The lowest BCUT2D eigenvalue weighted by Gasteiger charge is -2.23. The number of rotatable bonds is 1. The van der Waals surface area contributed by atoms with Crippen LogP contribution in [0.5, 0.6) is 0 Å². The molecule has 16 heavy (non-hydrogen) atoms. The van der Waals surface area contributed by atoms with Crippen molar-refractivity contribution in [1.82, 2.24) is 0 Å². The highest BCUT2D eigenvalue weighted by Crippen LogP contribution is 2.17. The summed E-state index contributed by atoms with van der Waals surface area (Å²) in [6, 6.07) is 6.98. The van der Waals surface area contributed by atoms with Crippen molar-refractivity contribution in [3.63, 3.8) is 0 Å².